The zero-order valence-corrected chi connectivity index (χ0v) is 12.8. The lowest BCUT2D eigenvalue weighted by atomic mass is 10.4. The number of ether oxygens (including phenoxy) is 1. The number of hydrogen-bond donors (Lipinski definition) is 2. The Bertz CT molecular complexity index is 582. The molecule has 0 spiro atoms. The highest BCUT2D eigenvalue weighted by Crippen LogP contribution is 2.19. The van der Waals surface area contributed by atoms with Gasteiger partial charge in [-0.1, -0.05) is 23.5 Å². The number of hydrogen-bond acceptors (Lipinski definition) is 7. The van der Waals surface area contributed by atoms with Crippen LogP contribution >= 0.6 is 11.3 Å². The van der Waals surface area contributed by atoms with Crippen molar-refractivity contribution in [3.63, 3.8) is 0 Å². The zero-order chi connectivity index (χ0) is 15.2. The third kappa shape index (κ3) is 5.74. The van der Waals surface area contributed by atoms with Crippen LogP contribution in [0.2, 0.25) is 0 Å². The van der Waals surface area contributed by atoms with Gasteiger partial charge in [-0.15, -0.1) is 10.2 Å². The SMILES string of the molecule is C=C(C)COCCNS(=O)(=O)c1nnc(NC(C)=O)s1. The number of nitrogens with zero attached hydrogens (tertiary/aromatic N) is 2. The van der Waals surface area contributed by atoms with Gasteiger partial charge in [0.2, 0.25) is 15.4 Å². The summed E-state index contributed by atoms with van der Waals surface area (Å²) in [5.41, 5.74) is 0.858. The molecule has 0 aliphatic rings. The van der Waals surface area contributed by atoms with Crippen LogP contribution in [0.4, 0.5) is 5.13 Å². The first-order valence-electron chi connectivity index (χ1n) is 5.64. The summed E-state index contributed by atoms with van der Waals surface area (Å²) < 4.78 is 31.0. The largest absolute Gasteiger partial charge is 0.376 e. The minimum absolute atomic E-state index is 0.116. The summed E-state index contributed by atoms with van der Waals surface area (Å²) in [4.78, 5) is 10.8. The molecule has 2 N–H and O–H groups in total. The van der Waals surface area contributed by atoms with Crippen LogP contribution in [0.3, 0.4) is 0 Å². The molecule has 10 heteroatoms. The number of sulfonamides is 1. The Morgan fingerprint density at radius 2 is 2.10 bits per heavy atom. The van der Waals surface area contributed by atoms with Crippen LogP contribution in [0.5, 0.6) is 0 Å². The predicted molar refractivity (Wildman–Crippen MR) is 75.0 cm³/mol. The van der Waals surface area contributed by atoms with E-state index in [1.165, 1.54) is 6.92 Å². The average molecular weight is 320 g/mol. The number of nitrogens with one attached hydrogen (secondary N) is 2. The van der Waals surface area contributed by atoms with Gasteiger partial charge in [-0.05, 0) is 6.92 Å². The Morgan fingerprint density at radius 3 is 2.70 bits per heavy atom. The number of amides is 1. The van der Waals surface area contributed by atoms with Crippen molar-refractivity contribution in [2.45, 2.75) is 18.2 Å². The first kappa shape index (κ1) is 16.7. The van der Waals surface area contributed by atoms with Gasteiger partial charge in [-0.3, -0.25) is 4.79 Å². The Hall–Kier alpha value is -1.36. The average Bonchev–Trinajstić information content (AvgIpc) is 2.76. The number of rotatable bonds is 8. The van der Waals surface area contributed by atoms with Gasteiger partial charge in [0, 0.05) is 13.5 Å². The summed E-state index contributed by atoms with van der Waals surface area (Å²) in [7, 11) is -3.73. The molecule has 0 atom stereocenters. The maximum atomic E-state index is 11.8. The molecule has 1 aromatic heterocycles. The second kappa shape index (κ2) is 7.43. The Balaban J connectivity index is 2.49. The second-order valence-electron chi connectivity index (χ2n) is 3.96. The Kier molecular flexibility index (Phi) is 6.20. The van der Waals surface area contributed by atoms with Crippen LogP contribution in [-0.4, -0.2) is 44.3 Å². The molecule has 0 saturated heterocycles. The quantitative estimate of drug-likeness (QED) is 0.407. The van der Waals surface area contributed by atoms with Crippen molar-refractivity contribution in [2.24, 2.45) is 0 Å². The molecule has 0 fully saturated rings. The summed E-state index contributed by atoms with van der Waals surface area (Å²) in [6.07, 6.45) is 0. The van der Waals surface area contributed by atoms with E-state index in [9.17, 15) is 13.2 Å². The van der Waals surface area contributed by atoms with Crippen LogP contribution in [0.1, 0.15) is 13.8 Å². The normalized spacial score (nSPS) is 11.3. The van der Waals surface area contributed by atoms with E-state index in [0.717, 1.165) is 16.9 Å². The lowest BCUT2D eigenvalue weighted by Gasteiger charge is -2.04. The fourth-order valence-corrected chi connectivity index (χ4v) is 3.08. The minimum atomic E-state index is -3.73. The molecular formula is C10H16N4O4S2. The van der Waals surface area contributed by atoms with Gasteiger partial charge >= 0.3 is 0 Å². The topological polar surface area (TPSA) is 110 Å². The monoisotopic (exact) mass is 320 g/mol. The van der Waals surface area contributed by atoms with Crippen LogP contribution in [-0.2, 0) is 19.6 Å². The van der Waals surface area contributed by atoms with E-state index in [2.05, 4.69) is 26.8 Å². The van der Waals surface area contributed by atoms with Crippen molar-refractivity contribution in [3.8, 4) is 0 Å². The number of anilines is 1. The Morgan fingerprint density at radius 1 is 1.40 bits per heavy atom. The maximum Gasteiger partial charge on any atom is 0.269 e. The van der Waals surface area contributed by atoms with Gasteiger partial charge in [0.1, 0.15) is 0 Å². The second-order valence-corrected chi connectivity index (χ2v) is 6.88. The maximum absolute atomic E-state index is 11.8. The zero-order valence-electron chi connectivity index (χ0n) is 11.2. The molecule has 0 bridgehead atoms. The molecule has 0 radical (unpaired) electrons. The first-order valence-corrected chi connectivity index (χ1v) is 7.94. The molecule has 0 saturated carbocycles. The molecule has 0 aromatic carbocycles. The number of aromatic nitrogens is 2. The van der Waals surface area contributed by atoms with Crippen molar-refractivity contribution in [2.75, 3.05) is 25.1 Å². The van der Waals surface area contributed by atoms with Gasteiger partial charge in [-0.25, -0.2) is 13.1 Å². The standard InChI is InChI=1S/C10H16N4O4S2/c1-7(2)6-18-5-4-11-20(16,17)10-14-13-9(19-10)12-8(3)15/h11H,1,4-6H2,2-3H3,(H,12,13,15). The van der Waals surface area contributed by atoms with Gasteiger partial charge in [0.15, 0.2) is 0 Å². The highest BCUT2D eigenvalue weighted by atomic mass is 32.2. The molecular weight excluding hydrogens is 304 g/mol. The molecule has 1 aromatic rings. The van der Waals surface area contributed by atoms with Crippen molar-refractivity contribution in [3.05, 3.63) is 12.2 Å². The molecule has 1 amide bonds. The molecule has 1 rings (SSSR count). The number of carbonyl (C=O) groups excluding carboxylic acids is 1. The summed E-state index contributed by atoms with van der Waals surface area (Å²) >= 11 is 0.777. The van der Waals surface area contributed by atoms with Gasteiger partial charge in [-0.2, -0.15) is 0 Å². The van der Waals surface area contributed by atoms with Crippen LogP contribution in [0.25, 0.3) is 0 Å². The molecule has 112 valence electrons. The van der Waals surface area contributed by atoms with E-state index in [1.807, 2.05) is 6.92 Å². The third-order valence-corrected chi connectivity index (χ3v) is 4.47. The van der Waals surface area contributed by atoms with Crippen LogP contribution in [0.15, 0.2) is 16.5 Å². The molecule has 20 heavy (non-hydrogen) atoms. The van der Waals surface area contributed by atoms with E-state index in [1.54, 1.807) is 0 Å². The lowest BCUT2D eigenvalue weighted by Crippen LogP contribution is -2.27. The smallest absolute Gasteiger partial charge is 0.269 e. The summed E-state index contributed by atoms with van der Waals surface area (Å²) in [6.45, 7) is 7.50. The number of carbonyl (C=O) groups is 1. The van der Waals surface area contributed by atoms with Crippen molar-refractivity contribution in [1.82, 2.24) is 14.9 Å². The van der Waals surface area contributed by atoms with Crippen molar-refractivity contribution < 1.29 is 17.9 Å². The highest BCUT2D eigenvalue weighted by molar-refractivity contribution is 7.91. The Labute approximate surface area is 121 Å². The summed E-state index contributed by atoms with van der Waals surface area (Å²) in [5.74, 6) is -0.341. The van der Waals surface area contributed by atoms with E-state index >= 15 is 0 Å². The molecule has 1 heterocycles. The van der Waals surface area contributed by atoms with Gasteiger partial charge in [0.25, 0.3) is 10.0 Å². The lowest BCUT2D eigenvalue weighted by molar-refractivity contribution is -0.114. The first-order chi connectivity index (χ1) is 9.31. The van der Waals surface area contributed by atoms with E-state index in [4.69, 9.17) is 4.74 Å². The predicted octanol–water partition coefficient (Wildman–Crippen LogP) is 0.368. The molecule has 0 aliphatic carbocycles. The molecule has 0 unspecified atom stereocenters. The fraction of sp³-hybridized carbons (Fsp3) is 0.500. The third-order valence-electron chi connectivity index (χ3n) is 1.81. The van der Waals surface area contributed by atoms with E-state index in [0.29, 0.717) is 6.61 Å². The van der Waals surface area contributed by atoms with Crippen molar-refractivity contribution >= 4 is 32.4 Å². The fourth-order valence-electron chi connectivity index (χ4n) is 1.08. The molecule has 8 nitrogen and oxygen atoms in total. The van der Waals surface area contributed by atoms with Gasteiger partial charge < -0.3 is 10.1 Å². The minimum Gasteiger partial charge on any atom is -0.376 e. The highest BCUT2D eigenvalue weighted by Gasteiger charge is 2.19. The van der Waals surface area contributed by atoms with Crippen molar-refractivity contribution in [1.29, 1.82) is 0 Å². The van der Waals surface area contributed by atoms with Gasteiger partial charge in [0.05, 0.1) is 13.2 Å². The van der Waals surface area contributed by atoms with Crippen LogP contribution < -0.4 is 10.0 Å². The summed E-state index contributed by atoms with van der Waals surface area (Å²) in [6, 6.07) is 0. The molecule has 0 aliphatic heterocycles. The van der Waals surface area contributed by atoms with E-state index < -0.39 is 10.0 Å². The summed E-state index contributed by atoms with van der Waals surface area (Å²) in [5, 5.41) is 9.58. The van der Waals surface area contributed by atoms with E-state index in [-0.39, 0.29) is 28.5 Å². The van der Waals surface area contributed by atoms with Crippen LogP contribution in [0, 0.1) is 0 Å².